The Morgan fingerprint density at radius 2 is 1.72 bits per heavy atom. The minimum absolute atomic E-state index is 0. The Bertz CT molecular complexity index is 698. The molecule has 0 amide bonds. The summed E-state index contributed by atoms with van der Waals surface area (Å²) in [5.41, 5.74) is 2.14. The van der Waals surface area contributed by atoms with Crippen molar-refractivity contribution in [3.8, 4) is 11.5 Å². The molecule has 4 nitrogen and oxygen atoms in total. The van der Waals surface area contributed by atoms with Crippen molar-refractivity contribution in [2.24, 2.45) is 0 Å². The fraction of sp³-hybridized carbons (Fsp3) is 0.455. The minimum Gasteiger partial charge on any atom is -0.493 e. The third kappa shape index (κ3) is 9.45. The van der Waals surface area contributed by atoms with Crippen LogP contribution in [0, 0.1) is 0 Å². The topological polar surface area (TPSA) is 33.7 Å². The number of halogens is 3. The van der Waals surface area contributed by atoms with Gasteiger partial charge in [-0.1, -0.05) is 49.7 Å². The van der Waals surface area contributed by atoms with E-state index < -0.39 is 0 Å². The van der Waals surface area contributed by atoms with E-state index in [1.165, 1.54) is 5.56 Å². The maximum atomic E-state index is 6.19. The zero-order valence-corrected chi connectivity index (χ0v) is 19.8. The smallest absolute Gasteiger partial charge is 0.161 e. The highest BCUT2D eigenvalue weighted by Gasteiger charge is 2.08. The first-order valence-corrected chi connectivity index (χ1v) is 10.0. The quantitative estimate of drug-likeness (QED) is 0.416. The van der Waals surface area contributed by atoms with Gasteiger partial charge in [-0.25, -0.2) is 0 Å². The summed E-state index contributed by atoms with van der Waals surface area (Å²) in [6, 6.07) is 13.8. The monoisotopic (exact) mass is 462 g/mol. The summed E-state index contributed by atoms with van der Waals surface area (Å²) >= 11 is 6.19. The van der Waals surface area contributed by atoms with E-state index in [1.54, 1.807) is 7.11 Å². The Morgan fingerprint density at radius 3 is 2.38 bits per heavy atom. The molecular formula is C22H33Cl3N2O2. The second kappa shape index (κ2) is 15.6. The van der Waals surface area contributed by atoms with Gasteiger partial charge in [-0.05, 0) is 56.4 Å². The number of nitrogens with one attached hydrogen (secondary N) is 1. The van der Waals surface area contributed by atoms with Crippen LogP contribution >= 0.6 is 36.4 Å². The second-order valence-electron chi connectivity index (χ2n) is 6.42. The van der Waals surface area contributed by atoms with Crippen LogP contribution in [-0.2, 0) is 13.2 Å². The molecule has 0 radical (unpaired) electrons. The van der Waals surface area contributed by atoms with E-state index in [2.05, 4.69) is 30.1 Å². The van der Waals surface area contributed by atoms with Crippen molar-refractivity contribution in [2.45, 2.75) is 33.4 Å². The SMILES string of the molecule is CCN(CC)CCCNCc1ccc(OCc2ccccc2Cl)c(OC)c1.Cl.Cl. The Labute approximate surface area is 192 Å². The van der Waals surface area contributed by atoms with Crippen LogP contribution in [0.15, 0.2) is 42.5 Å². The van der Waals surface area contributed by atoms with Gasteiger partial charge >= 0.3 is 0 Å². The molecule has 0 aromatic heterocycles. The number of nitrogens with zero attached hydrogens (tertiary/aromatic N) is 1. The maximum Gasteiger partial charge on any atom is 0.161 e. The largest absolute Gasteiger partial charge is 0.493 e. The van der Waals surface area contributed by atoms with Gasteiger partial charge in [0.1, 0.15) is 6.61 Å². The van der Waals surface area contributed by atoms with Gasteiger partial charge in [0.15, 0.2) is 11.5 Å². The molecule has 0 atom stereocenters. The van der Waals surface area contributed by atoms with E-state index in [0.717, 1.165) is 56.2 Å². The van der Waals surface area contributed by atoms with E-state index >= 15 is 0 Å². The van der Waals surface area contributed by atoms with Crippen LogP contribution in [-0.4, -0.2) is 38.2 Å². The lowest BCUT2D eigenvalue weighted by Crippen LogP contribution is -2.27. The second-order valence-corrected chi connectivity index (χ2v) is 6.83. The maximum absolute atomic E-state index is 6.19. The van der Waals surface area contributed by atoms with Gasteiger partial charge in [0, 0.05) is 17.1 Å². The first-order valence-electron chi connectivity index (χ1n) is 9.64. The molecular weight excluding hydrogens is 431 g/mol. The lowest BCUT2D eigenvalue weighted by molar-refractivity contribution is 0.284. The lowest BCUT2D eigenvalue weighted by atomic mass is 10.2. The van der Waals surface area contributed by atoms with Gasteiger partial charge in [-0.3, -0.25) is 0 Å². The molecule has 0 aliphatic rings. The van der Waals surface area contributed by atoms with Crippen LogP contribution in [0.1, 0.15) is 31.4 Å². The fourth-order valence-electron chi connectivity index (χ4n) is 2.91. The number of ether oxygens (including phenoxy) is 2. The standard InChI is InChI=1S/C22H31ClN2O2.2ClH/c1-4-25(5-2)14-8-13-24-16-18-11-12-21(22(15-18)26-3)27-17-19-9-6-7-10-20(19)23;;/h6-7,9-12,15,24H,4-5,8,13-14,16-17H2,1-3H3;2*1H. The number of methoxy groups -OCH3 is 1. The molecule has 0 fully saturated rings. The van der Waals surface area contributed by atoms with Crippen LogP contribution in [0.5, 0.6) is 11.5 Å². The van der Waals surface area contributed by atoms with Gasteiger partial charge in [0.25, 0.3) is 0 Å². The van der Waals surface area contributed by atoms with Gasteiger partial charge in [-0.2, -0.15) is 0 Å². The number of rotatable bonds is 12. The van der Waals surface area contributed by atoms with Crippen molar-refractivity contribution in [1.29, 1.82) is 0 Å². The van der Waals surface area contributed by atoms with Crippen molar-refractivity contribution < 1.29 is 9.47 Å². The highest BCUT2D eigenvalue weighted by atomic mass is 35.5. The molecule has 0 aliphatic heterocycles. The molecule has 7 heteroatoms. The van der Waals surface area contributed by atoms with Gasteiger partial charge in [0.2, 0.25) is 0 Å². The molecule has 0 saturated heterocycles. The van der Waals surface area contributed by atoms with E-state index in [4.69, 9.17) is 21.1 Å². The zero-order valence-electron chi connectivity index (χ0n) is 17.4. The van der Waals surface area contributed by atoms with Gasteiger partial charge in [0.05, 0.1) is 7.11 Å². The summed E-state index contributed by atoms with van der Waals surface area (Å²) in [6.45, 7) is 10.0. The van der Waals surface area contributed by atoms with Gasteiger partial charge < -0.3 is 19.7 Å². The normalized spacial score (nSPS) is 10.2. The van der Waals surface area contributed by atoms with E-state index in [-0.39, 0.29) is 24.8 Å². The van der Waals surface area contributed by atoms with Crippen molar-refractivity contribution in [1.82, 2.24) is 10.2 Å². The van der Waals surface area contributed by atoms with Crippen LogP contribution in [0.3, 0.4) is 0 Å². The Balaban J connectivity index is 0.00000392. The lowest BCUT2D eigenvalue weighted by Gasteiger charge is -2.17. The molecule has 0 unspecified atom stereocenters. The summed E-state index contributed by atoms with van der Waals surface area (Å²) in [6.07, 6.45) is 1.15. The molecule has 0 saturated carbocycles. The summed E-state index contributed by atoms with van der Waals surface area (Å²) in [7, 11) is 1.67. The molecule has 2 aromatic carbocycles. The summed E-state index contributed by atoms with van der Waals surface area (Å²) < 4.78 is 11.4. The predicted molar refractivity (Wildman–Crippen MR) is 127 cm³/mol. The molecule has 2 aromatic rings. The first kappa shape index (κ1) is 27.8. The molecule has 1 N–H and O–H groups in total. The number of benzene rings is 2. The molecule has 2 rings (SSSR count). The van der Waals surface area contributed by atoms with Crippen molar-refractivity contribution in [3.05, 3.63) is 58.6 Å². The Kier molecular flexibility index (Phi) is 15.0. The van der Waals surface area contributed by atoms with Crippen LogP contribution in [0.4, 0.5) is 0 Å². The third-order valence-electron chi connectivity index (χ3n) is 4.62. The molecule has 164 valence electrons. The van der Waals surface area contributed by atoms with E-state index in [0.29, 0.717) is 11.6 Å². The predicted octanol–water partition coefficient (Wildman–Crippen LogP) is 5.59. The van der Waals surface area contributed by atoms with Crippen LogP contribution < -0.4 is 14.8 Å². The summed E-state index contributed by atoms with van der Waals surface area (Å²) in [5.74, 6) is 1.46. The highest BCUT2D eigenvalue weighted by Crippen LogP contribution is 2.29. The third-order valence-corrected chi connectivity index (χ3v) is 4.99. The average molecular weight is 464 g/mol. The number of hydrogen-bond donors (Lipinski definition) is 1. The van der Waals surface area contributed by atoms with Crippen molar-refractivity contribution in [3.63, 3.8) is 0 Å². The van der Waals surface area contributed by atoms with Gasteiger partial charge in [-0.15, -0.1) is 24.8 Å². The average Bonchev–Trinajstić information content (AvgIpc) is 2.70. The highest BCUT2D eigenvalue weighted by molar-refractivity contribution is 6.31. The fourth-order valence-corrected chi connectivity index (χ4v) is 3.10. The molecule has 29 heavy (non-hydrogen) atoms. The number of hydrogen-bond acceptors (Lipinski definition) is 4. The first-order chi connectivity index (χ1) is 13.2. The Morgan fingerprint density at radius 1 is 1.00 bits per heavy atom. The molecule has 0 aliphatic carbocycles. The van der Waals surface area contributed by atoms with E-state index in [9.17, 15) is 0 Å². The molecule has 0 heterocycles. The molecule has 0 bridgehead atoms. The summed E-state index contributed by atoms with van der Waals surface area (Å²) in [5, 5.41) is 4.21. The van der Waals surface area contributed by atoms with E-state index in [1.807, 2.05) is 36.4 Å². The Hall–Kier alpha value is -1.17. The summed E-state index contributed by atoms with van der Waals surface area (Å²) in [4.78, 5) is 2.44. The zero-order chi connectivity index (χ0) is 19.5. The van der Waals surface area contributed by atoms with Crippen molar-refractivity contribution >= 4 is 36.4 Å². The van der Waals surface area contributed by atoms with Crippen LogP contribution in [0.25, 0.3) is 0 Å². The van der Waals surface area contributed by atoms with Crippen LogP contribution in [0.2, 0.25) is 5.02 Å². The molecule has 0 spiro atoms. The minimum atomic E-state index is 0. The van der Waals surface area contributed by atoms with Crippen molar-refractivity contribution in [2.75, 3.05) is 33.3 Å².